The molecule has 19 heavy (non-hydrogen) atoms. The highest BCUT2D eigenvalue weighted by molar-refractivity contribution is 6.07. The van der Waals surface area contributed by atoms with E-state index in [4.69, 9.17) is 9.47 Å². The Morgan fingerprint density at radius 2 is 1.37 bits per heavy atom. The first kappa shape index (κ1) is 15.9. The van der Waals surface area contributed by atoms with E-state index in [0.717, 1.165) is 4.90 Å². The molecule has 1 rings (SSSR count). The first-order valence-electron chi connectivity index (χ1n) is 6.22. The highest BCUT2D eigenvalue weighted by Crippen LogP contribution is 2.38. The molecule has 3 amide bonds. The van der Waals surface area contributed by atoms with Gasteiger partial charge >= 0.3 is 6.03 Å². The molecule has 1 saturated heterocycles. The van der Waals surface area contributed by atoms with Gasteiger partial charge in [0.15, 0.2) is 0 Å². The topological polar surface area (TPSA) is 59.1 Å². The smallest absolute Gasteiger partial charge is 0.332 e. The van der Waals surface area contributed by atoms with E-state index in [9.17, 15) is 9.59 Å². The molecule has 6 heteroatoms. The van der Waals surface area contributed by atoms with Gasteiger partial charge in [-0.1, -0.05) is 0 Å². The van der Waals surface area contributed by atoms with Crippen LogP contribution in [0.25, 0.3) is 0 Å². The lowest BCUT2D eigenvalue weighted by Gasteiger charge is -2.40. The third-order valence-electron chi connectivity index (χ3n) is 3.74. The average molecular weight is 272 g/mol. The monoisotopic (exact) mass is 272 g/mol. The maximum absolute atomic E-state index is 12.6. The minimum absolute atomic E-state index is 0.297. The minimum atomic E-state index is -0.996. The summed E-state index contributed by atoms with van der Waals surface area (Å²) < 4.78 is 10.6. The number of rotatable bonds is 4. The summed E-state index contributed by atoms with van der Waals surface area (Å²) in [6.45, 7) is 10.3. The van der Waals surface area contributed by atoms with Crippen LogP contribution in [0.15, 0.2) is 0 Å². The van der Waals surface area contributed by atoms with Crippen molar-refractivity contribution < 1.29 is 19.1 Å². The molecule has 0 aromatic heterocycles. The van der Waals surface area contributed by atoms with E-state index in [2.05, 4.69) is 0 Å². The van der Waals surface area contributed by atoms with Crippen molar-refractivity contribution in [2.45, 2.75) is 58.5 Å². The number of carbonyl (C=O) groups excluding carboxylic acids is 2. The molecule has 110 valence electrons. The summed E-state index contributed by atoms with van der Waals surface area (Å²) in [6, 6.07) is -0.409. The number of hydrogen-bond acceptors (Lipinski definition) is 4. The molecule has 0 aliphatic carbocycles. The molecule has 0 saturated carbocycles. The van der Waals surface area contributed by atoms with Gasteiger partial charge in [-0.3, -0.25) is 9.69 Å². The number of ether oxygens (including phenoxy) is 2. The summed E-state index contributed by atoms with van der Waals surface area (Å²) in [5.41, 5.74) is -2.86. The lowest BCUT2D eigenvalue weighted by Crippen LogP contribution is -2.56. The fraction of sp³-hybridized carbons (Fsp3) is 0.846. The Bertz CT molecular complexity index is 401. The lowest BCUT2D eigenvalue weighted by molar-refractivity contribution is -0.152. The molecule has 0 aromatic rings. The highest BCUT2D eigenvalue weighted by atomic mass is 16.5. The van der Waals surface area contributed by atoms with Crippen molar-refractivity contribution in [1.82, 2.24) is 9.80 Å². The fourth-order valence-electron chi connectivity index (χ4n) is 2.36. The summed E-state index contributed by atoms with van der Waals surface area (Å²) in [5, 5.41) is 0. The second-order valence-corrected chi connectivity index (χ2v) is 6.12. The van der Waals surface area contributed by atoms with E-state index in [1.807, 2.05) is 0 Å². The third-order valence-corrected chi connectivity index (χ3v) is 3.74. The van der Waals surface area contributed by atoms with Crippen LogP contribution in [0.3, 0.4) is 0 Å². The zero-order valence-electron chi connectivity index (χ0n) is 13.0. The first-order valence-corrected chi connectivity index (χ1v) is 6.22. The fourth-order valence-corrected chi connectivity index (χ4v) is 2.36. The van der Waals surface area contributed by atoms with Gasteiger partial charge in [-0.05, 0) is 41.5 Å². The lowest BCUT2D eigenvalue weighted by atomic mass is 10.0. The van der Waals surface area contributed by atoms with Crippen molar-refractivity contribution in [3.63, 3.8) is 0 Å². The van der Waals surface area contributed by atoms with Gasteiger partial charge in [-0.25, -0.2) is 9.69 Å². The Labute approximate surface area is 114 Å². The summed E-state index contributed by atoms with van der Waals surface area (Å²) in [5.74, 6) is -0.297. The van der Waals surface area contributed by atoms with Gasteiger partial charge in [0.2, 0.25) is 0 Å². The molecule has 1 aliphatic rings. The van der Waals surface area contributed by atoms with Crippen LogP contribution < -0.4 is 0 Å². The maximum Gasteiger partial charge on any atom is 0.332 e. The number of hydrogen-bond donors (Lipinski definition) is 0. The Morgan fingerprint density at radius 3 is 1.74 bits per heavy atom. The van der Waals surface area contributed by atoms with Gasteiger partial charge in [-0.15, -0.1) is 0 Å². The maximum atomic E-state index is 12.6. The number of imide groups is 1. The van der Waals surface area contributed by atoms with Crippen LogP contribution in [0.5, 0.6) is 0 Å². The standard InChI is InChI=1S/C13H24N2O4/c1-11(2)9(16)14(12(3,4)18-7)10(17)15(11)13(5,6)19-8/h1-8H3. The first-order chi connectivity index (χ1) is 8.43. The highest BCUT2D eigenvalue weighted by Gasteiger charge is 2.60. The van der Waals surface area contributed by atoms with Crippen LogP contribution in [0, 0.1) is 0 Å². The molecule has 0 aromatic carbocycles. The van der Waals surface area contributed by atoms with Crippen LogP contribution in [0.2, 0.25) is 0 Å². The summed E-state index contributed by atoms with van der Waals surface area (Å²) in [6.07, 6.45) is 0. The quantitative estimate of drug-likeness (QED) is 0.732. The van der Waals surface area contributed by atoms with E-state index >= 15 is 0 Å². The molecule has 0 atom stereocenters. The Balaban J connectivity index is 3.33. The molecular formula is C13H24N2O4. The normalized spacial score (nSPS) is 20.4. The van der Waals surface area contributed by atoms with E-state index < -0.39 is 23.0 Å². The predicted molar refractivity (Wildman–Crippen MR) is 70.3 cm³/mol. The second kappa shape index (κ2) is 4.45. The van der Waals surface area contributed by atoms with Gasteiger partial charge in [0.1, 0.15) is 17.0 Å². The molecule has 1 heterocycles. The molecule has 0 radical (unpaired) electrons. The third kappa shape index (κ3) is 2.23. The Hall–Kier alpha value is -1.14. The Morgan fingerprint density at radius 1 is 0.947 bits per heavy atom. The van der Waals surface area contributed by atoms with Crippen LogP contribution in [0.4, 0.5) is 4.79 Å². The van der Waals surface area contributed by atoms with Crippen molar-refractivity contribution in [2.75, 3.05) is 14.2 Å². The molecule has 0 spiro atoms. The zero-order chi connectivity index (χ0) is 15.2. The number of carbonyl (C=O) groups is 2. The van der Waals surface area contributed by atoms with Crippen LogP contribution in [0.1, 0.15) is 41.5 Å². The van der Waals surface area contributed by atoms with Crippen molar-refractivity contribution in [2.24, 2.45) is 0 Å². The summed E-state index contributed by atoms with van der Waals surface area (Å²) >= 11 is 0. The van der Waals surface area contributed by atoms with E-state index in [0.29, 0.717) is 0 Å². The van der Waals surface area contributed by atoms with Gasteiger partial charge in [0, 0.05) is 14.2 Å². The van der Waals surface area contributed by atoms with Crippen molar-refractivity contribution in [1.29, 1.82) is 0 Å². The minimum Gasteiger partial charge on any atom is -0.359 e. The molecule has 0 N–H and O–H groups in total. The number of nitrogens with zero attached hydrogens (tertiary/aromatic N) is 2. The van der Waals surface area contributed by atoms with Crippen LogP contribution in [-0.4, -0.2) is 52.9 Å². The molecular weight excluding hydrogens is 248 g/mol. The molecule has 6 nitrogen and oxygen atoms in total. The average Bonchev–Trinajstić information content (AvgIpc) is 2.46. The van der Waals surface area contributed by atoms with Crippen LogP contribution in [-0.2, 0) is 14.3 Å². The number of methoxy groups -OCH3 is 2. The van der Waals surface area contributed by atoms with E-state index in [1.165, 1.54) is 19.1 Å². The largest absolute Gasteiger partial charge is 0.359 e. The molecule has 1 aliphatic heterocycles. The van der Waals surface area contributed by atoms with Gasteiger partial charge in [0.25, 0.3) is 5.91 Å². The summed E-state index contributed by atoms with van der Waals surface area (Å²) in [7, 11) is 2.98. The number of urea groups is 1. The van der Waals surface area contributed by atoms with Crippen molar-refractivity contribution in [3.05, 3.63) is 0 Å². The summed E-state index contributed by atoms with van der Waals surface area (Å²) in [4.78, 5) is 27.8. The van der Waals surface area contributed by atoms with E-state index in [1.54, 1.807) is 41.5 Å². The SMILES string of the molecule is COC(C)(C)N1C(=O)N(C(C)(C)OC)C(C)(C)C1=O. The number of amides is 3. The van der Waals surface area contributed by atoms with Crippen LogP contribution >= 0.6 is 0 Å². The van der Waals surface area contributed by atoms with Crippen molar-refractivity contribution in [3.8, 4) is 0 Å². The van der Waals surface area contributed by atoms with E-state index in [-0.39, 0.29) is 5.91 Å². The van der Waals surface area contributed by atoms with Gasteiger partial charge < -0.3 is 9.47 Å². The molecule has 1 fully saturated rings. The van der Waals surface area contributed by atoms with Crippen molar-refractivity contribution >= 4 is 11.9 Å². The molecule has 0 unspecified atom stereocenters. The predicted octanol–water partition coefficient (Wildman–Crippen LogP) is 1.79. The second-order valence-electron chi connectivity index (χ2n) is 6.12. The van der Waals surface area contributed by atoms with Gasteiger partial charge in [-0.2, -0.15) is 0 Å². The van der Waals surface area contributed by atoms with Gasteiger partial charge in [0.05, 0.1) is 0 Å². The zero-order valence-corrected chi connectivity index (χ0v) is 13.0. The Kier molecular flexibility index (Phi) is 3.73. The molecule has 0 bridgehead atoms.